The van der Waals surface area contributed by atoms with Gasteiger partial charge in [0.05, 0.1) is 25.2 Å². The van der Waals surface area contributed by atoms with Gasteiger partial charge < -0.3 is 14.0 Å². The minimum Gasteiger partial charge on any atom is -0.461 e. The van der Waals surface area contributed by atoms with Crippen LogP contribution in [0.1, 0.15) is 43.6 Å². The monoisotopic (exact) mass is 322 g/mol. The third-order valence-corrected chi connectivity index (χ3v) is 4.42. The Labute approximate surface area is 138 Å². The molecule has 0 saturated carbocycles. The second kappa shape index (κ2) is 9.30. The zero-order valence-corrected chi connectivity index (χ0v) is 14.6. The molecular weight excluding hydrogens is 294 g/mol. The maximum absolute atomic E-state index is 12.1. The van der Waals surface area contributed by atoms with Gasteiger partial charge in [-0.05, 0) is 38.5 Å². The van der Waals surface area contributed by atoms with E-state index in [2.05, 4.69) is 20.8 Å². The molecule has 0 atom stereocenters. The predicted molar refractivity (Wildman–Crippen MR) is 88.9 cm³/mol. The van der Waals surface area contributed by atoms with Gasteiger partial charge in [-0.1, -0.05) is 12.1 Å². The van der Waals surface area contributed by atoms with Crippen LogP contribution in [0.5, 0.6) is 0 Å². The number of hydrogen-bond acceptors (Lipinski definition) is 4. The molecule has 0 N–H and O–H groups in total. The van der Waals surface area contributed by atoms with Crippen LogP contribution in [0.3, 0.4) is 0 Å². The van der Waals surface area contributed by atoms with Crippen LogP contribution in [0.25, 0.3) is 0 Å². The van der Waals surface area contributed by atoms with Crippen molar-refractivity contribution < 1.29 is 23.5 Å². The van der Waals surface area contributed by atoms with Gasteiger partial charge in [-0.25, -0.2) is 4.79 Å². The summed E-state index contributed by atoms with van der Waals surface area (Å²) in [6, 6.07) is 6.99. The lowest BCUT2D eigenvalue weighted by Gasteiger charge is -2.35. The van der Waals surface area contributed by atoms with E-state index in [1.807, 2.05) is 6.07 Å². The molecule has 0 aliphatic heterocycles. The minimum atomic E-state index is -0.342. The van der Waals surface area contributed by atoms with Crippen molar-refractivity contribution in [1.82, 2.24) is 0 Å². The Balaban J connectivity index is 2.58. The van der Waals surface area contributed by atoms with Gasteiger partial charge in [0.1, 0.15) is 19.8 Å². The minimum absolute atomic E-state index is 0.165. The zero-order chi connectivity index (χ0) is 17.3. The molecule has 23 heavy (non-hydrogen) atoms. The summed E-state index contributed by atoms with van der Waals surface area (Å²) >= 11 is 0. The molecular formula is C18H28NO4+. The van der Waals surface area contributed by atoms with E-state index in [1.165, 1.54) is 6.92 Å². The van der Waals surface area contributed by atoms with Crippen molar-refractivity contribution in [1.29, 1.82) is 0 Å². The van der Waals surface area contributed by atoms with E-state index >= 15 is 0 Å². The van der Waals surface area contributed by atoms with Gasteiger partial charge >= 0.3 is 11.9 Å². The molecule has 0 aliphatic rings. The number of likely N-dealkylation sites (N-methyl/N-ethyl adjacent to an activating group) is 1. The third kappa shape index (κ3) is 6.02. The van der Waals surface area contributed by atoms with Crippen molar-refractivity contribution in [3.63, 3.8) is 0 Å². The Morgan fingerprint density at radius 2 is 1.70 bits per heavy atom. The Kier molecular flexibility index (Phi) is 7.75. The Morgan fingerprint density at radius 3 is 2.26 bits per heavy atom. The summed E-state index contributed by atoms with van der Waals surface area (Å²) in [5, 5.41) is 0. The fourth-order valence-electron chi connectivity index (χ4n) is 2.53. The molecule has 0 saturated heterocycles. The molecule has 1 aromatic carbocycles. The summed E-state index contributed by atoms with van der Waals surface area (Å²) in [6.45, 7) is 12.3. The van der Waals surface area contributed by atoms with Crippen LogP contribution in [0.15, 0.2) is 24.3 Å². The topological polar surface area (TPSA) is 52.6 Å². The van der Waals surface area contributed by atoms with Crippen molar-refractivity contribution >= 4 is 11.9 Å². The Hall–Kier alpha value is -1.88. The predicted octanol–water partition coefficient (Wildman–Crippen LogP) is 2.78. The van der Waals surface area contributed by atoms with Crippen LogP contribution >= 0.6 is 0 Å². The molecule has 0 spiro atoms. The van der Waals surface area contributed by atoms with Crippen LogP contribution in [-0.4, -0.2) is 49.2 Å². The second-order valence-corrected chi connectivity index (χ2v) is 5.63. The third-order valence-electron chi connectivity index (χ3n) is 4.42. The van der Waals surface area contributed by atoms with E-state index in [9.17, 15) is 9.59 Å². The van der Waals surface area contributed by atoms with E-state index in [-0.39, 0.29) is 18.5 Å². The molecule has 1 aromatic rings. The van der Waals surface area contributed by atoms with Crippen molar-refractivity contribution in [2.75, 3.05) is 32.8 Å². The fourth-order valence-corrected chi connectivity index (χ4v) is 2.53. The average Bonchev–Trinajstić information content (AvgIpc) is 2.57. The highest BCUT2D eigenvalue weighted by atomic mass is 16.5. The standard InChI is InChI=1S/C18H28NO4/c1-5-19(6-2,7-3)11-12-22-18(21)17-10-8-9-16(13-17)14-23-15(4)20/h8-10,13H,5-7,11-12,14H2,1-4H3/q+1. The number of rotatable bonds is 9. The lowest BCUT2D eigenvalue weighted by Crippen LogP contribution is -2.49. The van der Waals surface area contributed by atoms with E-state index in [4.69, 9.17) is 9.47 Å². The molecule has 5 heteroatoms. The lowest BCUT2D eigenvalue weighted by atomic mass is 10.1. The summed E-state index contributed by atoms with van der Waals surface area (Å²) in [6.07, 6.45) is 0. The molecule has 0 aromatic heterocycles. The molecule has 0 unspecified atom stereocenters. The van der Waals surface area contributed by atoms with Crippen LogP contribution < -0.4 is 0 Å². The molecule has 1 rings (SSSR count). The molecule has 5 nitrogen and oxygen atoms in total. The van der Waals surface area contributed by atoms with Gasteiger partial charge in [0.15, 0.2) is 0 Å². The van der Waals surface area contributed by atoms with Crippen molar-refractivity contribution in [2.45, 2.75) is 34.3 Å². The maximum Gasteiger partial charge on any atom is 0.338 e. The zero-order valence-electron chi connectivity index (χ0n) is 14.6. The number of nitrogens with zero attached hydrogens (tertiary/aromatic N) is 1. The van der Waals surface area contributed by atoms with E-state index in [0.29, 0.717) is 12.2 Å². The first-order valence-electron chi connectivity index (χ1n) is 8.20. The van der Waals surface area contributed by atoms with E-state index in [0.717, 1.165) is 36.2 Å². The number of esters is 2. The maximum atomic E-state index is 12.1. The Morgan fingerprint density at radius 1 is 1.04 bits per heavy atom. The second-order valence-electron chi connectivity index (χ2n) is 5.63. The van der Waals surface area contributed by atoms with Gasteiger partial charge in [0, 0.05) is 6.92 Å². The molecule has 0 fully saturated rings. The highest BCUT2D eigenvalue weighted by Gasteiger charge is 2.21. The van der Waals surface area contributed by atoms with Gasteiger partial charge in [-0.2, -0.15) is 0 Å². The SMILES string of the molecule is CC[N+](CC)(CC)CCOC(=O)c1cccc(COC(C)=O)c1. The number of carbonyl (C=O) groups is 2. The lowest BCUT2D eigenvalue weighted by molar-refractivity contribution is -0.923. The van der Waals surface area contributed by atoms with Gasteiger partial charge in [0.2, 0.25) is 0 Å². The molecule has 128 valence electrons. The van der Waals surface area contributed by atoms with Crippen LogP contribution in [0.4, 0.5) is 0 Å². The number of hydrogen-bond donors (Lipinski definition) is 0. The Bertz CT molecular complexity index is 515. The van der Waals surface area contributed by atoms with Crippen molar-refractivity contribution in [3.05, 3.63) is 35.4 Å². The number of quaternary nitrogens is 1. The van der Waals surface area contributed by atoms with Crippen molar-refractivity contribution in [3.8, 4) is 0 Å². The summed E-state index contributed by atoms with van der Waals surface area (Å²) < 4.78 is 11.3. The highest BCUT2D eigenvalue weighted by molar-refractivity contribution is 5.89. The number of carbonyl (C=O) groups excluding carboxylic acids is 2. The largest absolute Gasteiger partial charge is 0.461 e. The normalized spacial score (nSPS) is 11.1. The molecule has 0 radical (unpaired) electrons. The first kappa shape index (κ1) is 19.2. The first-order valence-corrected chi connectivity index (χ1v) is 8.20. The quantitative estimate of drug-likeness (QED) is 0.518. The molecule has 0 aliphatic carbocycles. The summed E-state index contributed by atoms with van der Waals surface area (Å²) in [5.41, 5.74) is 1.26. The fraction of sp³-hybridized carbons (Fsp3) is 0.556. The molecule has 0 amide bonds. The van der Waals surface area contributed by atoms with E-state index < -0.39 is 0 Å². The van der Waals surface area contributed by atoms with Crippen LogP contribution in [0, 0.1) is 0 Å². The summed E-state index contributed by atoms with van der Waals surface area (Å²) in [5.74, 6) is -0.679. The summed E-state index contributed by atoms with van der Waals surface area (Å²) in [4.78, 5) is 23.0. The van der Waals surface area contributed by atoms with Crippen molar-refractivity contribution in [2.24, 2.45) is 0 Å². The van der Waals surface area contributed by atoms with Gasteiger partial charge in [-0.15, -0.1) is 0 Å². The highest BCUT2D eigenvalue weighted by Crippen LogP contribution is 2.10. The van der Waals surface area contributed by atoms with E-state index in [1.54, 1.807) is 18.2 Å². The number of ether oxygens (including phenoxy) is 2. The van der Waals surface area contributed by atoms with Crippen LogP contribution in [-0.2, 0) is 20.9 Å². The van der Waals surface area contributed by atoms with Gasteiger partial charge in [-0.3, -0.25) is 4.79 Å². The number of benzene rings is 1. The van der Waals surface area contributed by atoms with Gasteiger partial charge in [0.25, 0.3) is 0 Å². The molecule has 0 heterocycles. The summed E-state index contributed by atoms with van der Waals surface area (Å²) in [7, 11) is 0. The molecule has 0 bridgehead atoms. The van der Waals surface area contributed by atoms with Crippen LogP contribution in [0.2, 0.25) is 0 Å². The first-order chi connectivity index (χ1) is 11.0. The average molecular weight is 322 g/mol. The smallest absolute Gasteiger partial charge is 0.338 e.